The van der Waals surface area contributed by atoms with E-state index in [1.54, 1.807) is 0 Å². The van der Waals surface area contributed by atoms with Gasteiger partial charge >= 0.3 is 23.9 Å². The minimum atomic E-state index is -0.455. The van der Waals surface area contributed by atoms with Crippen molar-refractivity contribution in [1.82, 2.24) is 9.80 Å². The minimum absolute atomic E-state index is 0.0509. The Balaban J connectivity index is 2.42. The van der Waals surface area contributed by atoms with Crippen molar-refractivity contribution >= 4 is 23.9 Å². The van der Waals surface area contributed by atoms with Crippen molar-refractivity contribution in [3.05, 3.63) is 0 Å². The second-order valence-electron chi connectivity index (χ2n) is 19.1. The first-order valence-electron chi connectivity index (χ1n) is 26.8. The van der Waals surface area contributed by atoms with E-state index in [2.05, 4.69) is 25.7 Å². The predicted molar refractivity (Wildman–Crippen MR) is 259 cm³/mol. The van der Waals surface area contributed by atoms with E-state index in [1.165, 1.54) is 109 Å². The van der Waals surface area contributed by atoms with Crippen LogP contribution < -0.4 is 0 Å². The average molecular weight is 893 g/mol. The van der Waals surface area contributed by atoms with Gasteiger partial charge in [-0.2, -0.15) is 0 Å². The van der Waals surface area contributed by atoms with Gasteiger partial charge in [0.1, 0.15) is 18.2 Å². The van der Waals surface area contributed by atoms with E-state index in [9.17, 15) is 19.2 Å². The Bertz CT molecular complexity index is 1100. The van der Waals surface area contributed by atoms with Crippen molar-refractivity contribution in [2.45, 2.75) is 277 Å². The highest BCUT2D eigenvalue weighted by Crippen LogP contribution is 2.24. The lowest BCUT2D eigenvalue weighted by atomic mass is 10.0. The summed E-state index contributed by atoms with van der Waals surface area (Å²) in [6.45, 7) is 13.1. The summed E-state index contributed by atoms with van der Waals surface area (Å²) in [6, 6.07) is -0.232. The third kappa shape index (κ3) is 33.9. The Labute approximate surface area is 387 Å². The standard InChI is InChI=1S/C53H100N2O8/c1-7-10-13-16-19-20-21-26-34-41-60-50(56)38-32-28-33-40-55-44-48(63-52(58)45-54(6)46(4)5)43-49(55)53(59)61-42-35-27-22-25-31-39-51(57)62-47(36-29-23-17-14-11-8-2)37-30-24-18-15-12-9-3/h46-49H,7-45H2,1-6H3/t48?,49-/m0/s1. The summed E-state index contributed by atoms with van der Waals surface area (Å²) in [7, 11) is 1.90. The smallest absolute Gasteiger partial charge is 0.323 e. The molecule has 0 N–H and O–H groups in total. The van der Waals surface area contributed by atoms with Crippen LogP contribution in [0.5, 0.6) is 0 Å². The molecule has 0 bridgehead atoms. The first-order chi connectivity index (χ1) is 30.6. The number of likely N-dealkylation sites (N-methyl/N-ethyl adjacent to an activating group) is 1. The van der Waals surface area contributed by atoms with Gasteiger partial charge in [-0.1, -0.05) is 162 Å². The van der Waals surface area contributed by atoms with Crippen LogP contribution in [0.4, 0.5) is 0 Å². The van der Waals surface area contributed by atoms with Gasteiger partial charge in [-0.25, -0.2) is 0 Å². The van der Waals surface area contributed by atoms with E-state index in [0.717, 1.165) is 89.9 Å². The number of hydrogen-bond acceptors (Lipinski definition) is 10. The Morgan fingerprint density at radius 1 is 0.540 bits per heavy atom. The van der Waals surface area contributed by atoms with Crippen LogP contribution in [0.1, 0.15) is 253 Å². The maximum atomic E-state index is 13.4. The molecule has 10 heteroatoms. The molecule has 10 nitrogen and oxygen atoms in total. The van der Waals surface area contributed by atoms with Crippen LogP contribution in [0.3, 0.4) is 0 Å². The fourth-order valence-electron chi connectivity index (χ4n) is 8.46. The van der Waals surface area contributed by atoms with Gasteiger partial charge in [0.05, 0.1) is 19.8 Å². The lowest BCUT2D eigenvalue weighted by Crippen LogP contribution is -2.38. The molecule has 1 heterocycles. The highest BCUT2D eigenvalue weighted by Gasteiger charge is 2.39. The van der Waals surface area contributed by atoms with E-state index in [0.29, 0.717) is 45.6 Å². The maximum absolute atomic E-state index is 13.4. The Kier molecular flexibility index (Phi) is 38.5. The van der Waals surface area contributed by atoms with Crippen molar-refractivity contribution < 1.29 is 38.1 Å². The van der Waals surface area contributed by atoms with Crippen LogP contribution in [0, 0.1) is 0 Å². The van der Waals surface area contributed by atoms with Crippen molar-refractivity contribution in [1.29, 1.82) is 0 Å². The molecule has 1 saturated heterocycles. The Morgan fingerprint density at radius 2 is 0.984 bits per heavy atom. The van der Waals surface area contributed by atoms with Gasteiger partial charge in [-0.05, 0) is 85.2 Å². The quantitative estimate of drug-likeness (QED) is 0.0333. The number of likely N-dealkylation sites (tertiary alicyclic amines) is 1. The van der Waals surface area contributed by atoms with E-state index < -0.39 is 6.04 Å². The van der Waals surface area contributed by atoms with Gasteiger partial charge in [0.15, 0.2) is 0 Å². The largest absolute Gasteiger partial charge is 0.466 e. The second kappa shape index (κ2) is 41.2. The molecule has 0 aromatic heterocycles. The summed E-state index contributed by atoms with van der Waals surface area (Å²) in [5, 5.41) is 0. The molecule has 1 aliphatic rings. The van der Waals surface area contributed by atoms with E-state index >= 15 is 0 Å². The monoisotopic (exact) mass is 893 g/mol. The van der Waals surface area contributed by atoms with Crippen molar-refractivity contribution in [2.24, 2.45) is 0 Å². The summed E-state index contributed by atoms with van der Waals surface area (Å²) in [4.78, 5) is 55.3. The third-order valence-electron chi connectivity index (χ3n) is 12.9. The highest BCUT2D eigenvalue weighted by atomic mass is 16.6. The third-order valence-corrected chi connectivity index (χ3v) is 12.9. The molecule has 63 heavy (non-hydrogen) atoms. The molecule has 0 aliphatic carbocycles. The number of carbonyl (C=O) groups is 4. The zero-order valence-corrected chi connectivity index (χ0v) is 42.0. The Morgan fingerprint density at radius 3 is 1.51 bits per heavy atom. The molecule has 370 valence electrons. The topological polar surface area (TPSA) is 112 Å². The number of carbonyl (C=O) groups excluding carboxylic acids is 4. The van der Waals surface area contributed by atoms with Gasteiger partial charge in [-0.3, -0.25) is 29.0 Å². The summed E-state index contributed by atoms with van der Waals surface area (Å²) in [5.74, 6) is -0.711. The maximum Gasteiger partial charge on any atom is 0.323 e. The summed E-state index contributed by atoms with van der Waals surface area (Å²) in [6.07, 6.45) is 36.0. The van der Waals surface area contributed by atoms with Crippen molar-refractivity contribution in [3.8, 4) is 0 Å². The lowest BCUT2D eigenvalue weighted by Gasteiger charge is -2.22. The molecule has 0 saturated carbocycles. The predicted octanol–water partition coefficient (Wildman–Crippen LogP) is 13.2. The van der Waals surface area contributed by atoms with Crippen molar-refractivity contribution in [2.75, 3.05) is 39.9 Å². The zero-order valence-electron chi connectivity index (χ0n) is 42.0. The molecule has 0 radical (unpaired) electrons. The fraction of sp³-hybridized carbons (Fsp3) is 0.925. The van der Waals surface area contributed by atoms with Gasteiger partial charge in [0.2, 0.25) is 0 Å². The van der Waals surface area contributed by atoms with Gasteiger partial charge in [0.25, 0.3) is 0 Å². The van der Waals surface area contributed by atoms with E-state index in [1.807, 2.05) is 25.8 Å². The van der Waals surface area contributed by atoms with Gasteiger partial charge < -0.3 is 18.9 Å². The molecule has 1 fully saturated rings. The number of unbranched alkanes of at least 4 members (excludes halogenated alkanes) is 24. The average Bonchev–Trinajstić information content (AvgIpc) is 3.66. The van der Waals surface area contributed by atoms with Crippen molar-refractivity contribution in [3.63, 3.8) is 0 Å². The summed E-state index contributed by atoms with van der Waals surface area (Å²) >= 11 is 0. The number of ether oxygens (including phenoxy) is 4. The normalized spacial score (nSPS) is 15.4. The molecule has 0 amide bonds. The van der Waals surface area contributed by atoms with Crippen LogP contribution in [0.2, 0.25) is 0 Å². The molecular formula is C53H100N2O8. The second-order valence-corrected chi connectivity index (χ2v) is 19.1. The molecule has 1 unspecified atom stereocenters. The summed E-state index contributed by atoms with van der Waals surface area (Å²) in [5.41, 5.74) is 0. The fourth-order valence-corrected chi connectivity index (χ4v) is 8.46. The van der Waals surface area contributed by atoms with Crippen LogP contribution >= 0.6 is 0 Å². The van der Waals surface area contributed by atoms with E-state index in [-0.39, 0.29) is 48.7 Å². The zero-order chi connectivity index (χ0) is 46.2. The molecular weight excluding hydrogens is 793 g/mol. The molecule has 0 aromatic rings. The molecule has 1 aliphatic heterocycles. The first-order valence-corrected chi connectivity index (χ1v) is 26.8. The molecule has 0 spiro atoms. The van der Waals surface area contributed by atoms with E-state index in [4.69, 9.17) is 18.9 Å². The van der Waals surface area contributed by atoms with Crippen LogP contribution in [0.25, 0.3) is 0 Å². The molecule has 0 aromatic carbocycles. The highest BCUT2D eigenvalue weighted by molar-refractivity contribution is 5.77. The number of hydrogen-bond donors (Lipinski definition) is 0. The van der Waals surface area contributed by atoms with Gasteiger partial charge in [-0.15, -0.1) is 0 Å². The lowest BCUT2D eigenvalue weighted by molar-refractivity contribution is -0.151. The van der Waals surface area contributed by atoms with Crippen LogP contribution in [-0.2, 0) is 38.1 Å². The number of rotatable bonds is 44. The Hall–Kier alpha value is -2.20. The number of nitrogens with zero attached hydrogens (tertiary/aromatic N) is 2. The minimum Gasteiger partial charge on any atom is -0.466 e. The van der Waals surface area contributed by atoms with Crippen LogP contribution in [-0.4, -0.2) is 97.9 Å². The van der Waals surface area contributed by atoms with Gasteiger partial charge in [0, 0.05) is 31.8 Å². The first kappa shape index (κ1) is 58.8. The SMILES string of the molecule is CCCCCCCCCCCOC(=O)CCCCCN1CC(OC(=O)CN(C)C(C)C)C[C@H]1C(=O)OCCCCCCCC(=O)OC(CCCCCCCC)CCCCCCCC. The molecule has 1 rings (SSSR count). The molecule has 2 atom stereocenters. The number of esters is 4. The summed E-state index contributed by atoms with van der Waals surface area (Å²) < 4.78 is 23.1. The van der Waals surface area contributed by atoms with Crippen LogP contribution in [0.15, 0.2) is 0 Å².